The van der Waals surface area contributed by atoms with E-state index >= 15 is 0 Å². The van der Waals surface area contributed by atoms with Gasteiger partial charge in [-0.3, -0.25) is 19.3 Å². The molecular weight excluding hydrogens is 396 g/mol. The van der Waals surface area contributed by atoms with Crippen molar-refractivity contribution < 1.29 is 23.9 Å². The van der Waals surface area contributed by atoms with Crippen molar-refractivity contribution in [3.05, 3.63) is 64.2 Å². The fourth-order valence-corrected chi connectivity index (χ4v) is 3.36. The fourth-order valence-electron chi connectivity index (χ4n) is 3.36. The molecule has 2 aromatic rings. The predicted molar refractivity (Wildman–Crippen MR) is 116 cm³/mol. The van der Waals surface area contributed by atoms with Crippen LogP contribution >= 0.6 is 0 Å². The molecule has 0 unspecified atom stereocenters. The van der Waals surface area contributed by atoms with Crippen molar-refractivity contribution in [3.63, 3.8) is 0 Å². The summed E-state index contributed by atoms with van der Waals surface area (Å²) in [6, 6.07) is 9.68. The Kier molecular flexibility index (Phi) is 6.24. The molecule has 0 aromatic heterocycles. The van der Waals surface area contributed by atoms with Crippen LogP contribution in [0.3, 0.4) is 0 Å². The summed E-state index contributed by atoms with van der Waals surface area (Å²) in [6.45, 7) is 8.96. The standard InChI is InChI=1S/C24H26N2O5/c1-6-15(4)26-22(28)18-10-9-17(12-19(18)23(26)29)24(30)31-16(5)21(27)25-20-11-13(2)7-8-14(20)3/h7-12,15-16H,6H2,1-5H3,(H,25,27)/t15-,16-/m0/s1. The minimum Gasteiger partial charge on any atom is -0.449 e. The van der Waals surface area contributed by atoms with Gasteiger partial charge in [-0.25, -0.2) is 4.79 Å². The second kappa shape index (κ2) is 8.71. The largest absolute Gasteiger partial charge is 0.449 e. The Bertz CT molecular complexity index is 1080. The number of amides is 3. The number of nitrogens with one attached hydrogen (secondary N) is 1. The SMILES string of the molecule is CC[C@H](C)N1C(=O)c2ccc(C(=O)O[C@@H](C)C(=O)Nc3cc(C)ccc3C)cc2C1=O. The summed E-state index contributed by atoms with van der Waals surface area (Å²) >= 11 is 0. The molecule has 1 aliphatic heterocycles. The number of hydrogen-bond donors (Lipinski definition) is 1. The van der Waals surface area contributed by atoms with Crippen molar-refractivity contribution in [1.29, 1.82) is 0 Å². The third-order valence-corrected chi connectivity index (χ3v) is 5.49. The number of anilines is 1. The number of benzene rings is 2. The Balaban J connectivity index is 1.72. The maximum absolute atomic E-state index is 12.7. The number of hydrogen-bond acceptors (Lipinski definition) is 5. The Morgan fingerprint density at radius 2 is 1.68 bits per heavy atom. The van der Waals surface area contributed by atoms with Gasteiger partial charge in [-0.2, -0.15) is 0 Å². The Morgan fingerprint density at radius 1 is 1.00 bits per heavy atom. The van der Waals surface area contributed by atoms with Gasteiger partial charge >= 0.3 is 5.97 Å². The van der Waals surface area contributed by atoms with E-state index in [1.54, 1.807) is 6.92 Å². The quantitative estimate of drug-likeness (QED) is 0.563. The second-order valence-electron chi connectivity index (χ2n) is 7.85. The van der Waals surface area contributed by atoms with Gasteiger partial charge in [-0.1, -0.05) is 19.1 Å². The predicted octanol–water partition coefficient (Wildman–Crippen LogP) is 3.88. The normalized spacial score (nSPS) is 14.8. The molecule has 0 saturated carbocycles. The topological polar surface area (TPSA) is 92.8 Å². The smallest absolute Gasteiger partial charge is 0.338 e. The number of rotatable bonds is 6. The van der Waals surface area contributed by atoms with Gasteiger partial charge in [0.25, 0.3) is 17.7 Å². The highest BCUT2D eigenvalue weighted by molar-refractivity contribution is 6.22. The molecule has 2 aromatic carbocycles. The Morgan fingerprint density at radius 3 is 2.35 bits per heavy atom. The van der Waals surface area contributed by atoms with Crippen LogP contribution in [0.2, 0.25) is 0 Å². The lowest BCUT2D eigenvalue weighted by Crippen LogP contribution is -2.37. The minimum absolute atomic E-state index is 0.109. The van der Waals surface area contributed by atoms with Gasteiger partial charge in [0.15, 0.2) is 6.10 Å². The first kappa shape index (κ1) is 22.2. The summed E-state index contributed by atoms with van der Waals surface area (Å²) in [5.74, 6) is -1.99. The summed E-state index contributed by atoms with van der Waals surface area (Å²) in [7, 11) is 0. The number of esters is 1. The lowest BCUT2D eigenvalue weighted by atomic mass is 10.1. The zero-order chi connectivity index (χ0) is 22.9. The van der Waals surface area contributed by atoms with E-state index in [1.807, 2.05) is 39.0 Å². The van der Waals surface area contributed by atoms with Crippen molar-refractivity contribution in [2.75, 3.05) is 5.32 Å². The number of carbonyl (C=O) groups is 4. The van der Waals surface area contributed by atoms with E-state index in [9.17, 15) is 19.2 Å². The summed E-state index contributed by atoms with van der Waals surface area (Å²) in [5.41, 5.74) is 3.09. The van der Waals surface area contributed by atoms with Crippen LogP contribution in [0.25, 0.3) is 0 Å². The molecule has 31 heavy (non-hydrogen) atoms. The van der Waals surface area contributed by atoms with Crippen LogP contribution in [0.1, 0.15) is 69.4 Å². The first-order valence-corrected chi connectivity index (χ1v) is 10.2. The number of carbonyl (C=O) groups excluding carboxylic acids is 4. The van der Waals surface area contributed by atoms with E-state index in [1.165, 1.54) is 30.0 Å². The van der Waals surface area contributed by atoms with E-state index in [0.29, 0.717) is 12.1 Å². The summed E-state index contributed by atoms with van der Waals surface area (Å²) in [5, 5.41) is 2.77. The summed E-state index contributed by atoms with van der Waals surface area (Å²) < 4.78 is 5.30. The molecule has 3 rings (SSSR count). The van der Waals surface area contributed by atoms with E-state index in [4.69, 9.17) is 4.74 Å². The molecule has 0 fully saturated rings. The van der Waals surface area contributed by atoms with Crippen molar-refractivity contribution in [2.45, 2.75) is 53.2 Å². The lowest BCUT2D eigenvalue weighted by Gasteiger charge is -2.20. The van der Waals surface area contributed by atoms with Crippen molar-refractivity contribution in [1.82, 2.24) is 4.90 Å². The van der Waals surface area contributed by atoms with E-state index in [-0.39, 0.29) is 28.6 Å². The van der Waals surface area contributed by atoms with Gasteiger partial charge < -0.3 is 10.1 Å². The molecule has 1 N–H and O–H groups in total. The lowest BCUT2D eigenvalue weighted by molar-refractivity contribution is -0.123. The number of imide groups is 1. The number of ether oxygens (including phenoxy) is 1. The van der Waals surface area contributed by atoms with Crippen LogP contribution in [0.4, 0.5) is 5.69 Å². The molecule has 7 heteroatoms. The highest BCUT2D eigenvalue weighted by Crippen LogP contribution is 2.27. The first-order valence-electron chi connectivity index (χ1n) is 10.2. The van der Waals surface area contributed by atoms with Gasteiger partial charge in [0.1, 0.15) is 0 Å². The molecule has 0 aliphatic carbocycles. The molecule has 0 bridgehead atoms. The Labute approximate surface area is 181 Å². The van der Waals surface area contributed by atoms with Crippen molar-refractivity contribution >= 4 is 29.4 Å². The highest BCUT2D eigenvalue weighted by Gasteiger charge is 2.38. The van der Waals surface area contributed by atoms with Crippen LogP contribution in [0, 0.1) is 13.8 Å². The van der Waals surface area contributed by atoms with Crippen LogP contribution < -0.4 is 5.32 Å². The van der Waals surface area contributed by atoms with Crippen molar-refractivity contribution in [2.24, 2.45) is 0 Å². The third kappa shape index (κ3) is 4.35. The first-order chi connectivity index (χ1) is 14.6. The van der Waals surface area contributed by atoms with Crippen LogP contribution in [-0.4, -0.2) is 40.7 Å². The molecule has 7 nitrogen and oxygen atoms in total. The van der Waals surface area contributed by atoms with Gasteiger partial charge in [0.05, 0.1) is 16.7 Å². The van der Waals surface area contributed by atoms with Gasteiger partial charge in [-0.05, 0) is 69.5 Å². The molecule has 0 radical (unpaired) electrons. The average molecular weight is 422 g/mol. The van der Waals surface area contributed by atoms with Crippen LogP contribution in [0.5, 0.6) is 0 Å². The summed E-state index contributed by atoms with van der Waals surface area (Å²) in [4.78, 5) is 51.5. The fraction of sp³-hybridized carbons (Fsp3) is 0.333. The molecule has 0 spiro atoms. The molecule has 162 valence electrons. The minimum atomic E-state index is -1.05. The molecule has 0 saturated heterocycles. The van der Waals surface area contributed by atoms with Crippen LogP contribution in [-0.2, 0) is 9.53 Å². The Hall–Kier alpha value is -3.48. The number of nitrogens with zero attached hydrogens (tertiary/aromatic N) is 1. The molecule has 1 aliphatic rings. The average Bonchev–Trinajstić information content (AvgIpc) is 2.99. The molecule has 3 amide bonds. The van der Waals surface area contributed by atoms with Gasteiger partial charge in [0, 0.05) is 11.7 Å². The second-order valence-corrected chi connectivity index (χ2v) is 7.85. The van der Waals surface area contributed by atoms with E-state index in [0.717, 1.165) is 11.1 Å². The van der Waals surface area contributed by atoms with Crippen molar-refractivity contribution in [3.8, 4) is 0 Å². The highest BCUT2D eigenvalue weighted by atomic mass is 16.5. The number of aryl methyl sites for hydroxylation is 2. The molecule has 2 atom stereocenters. The maximum Gasteiger partial charge on any atom is 0.338 e. The third-order valence-electron chi connectivity index (χ3n) is 5.49. The zero-order valence-electron chi connectivity index (χ0n) is 18.3. The monoisotopic (exact) mass is 422 g/mol. The molecule has 1 heterocycles. The zero-order valence-corrected chi connectivity index (χ0v) is 18.3. The van der Waals surface area contributed by atoms with Crippen LogP contribution in [0.15, 0.2) is 36.4 Å². The van der Waals surface area contributed by atoms with Gasteiger partial charge in [-0.15, -0.1) is 0 Å². The van der Waals surface area contributed by atoms with Gasteiger partial charge in [0.2, 0.25) is 0 Å². The molecular formula is C24H26N2O5. The summed E-state index contributed by atoms with van der Waals surface area (Å²) in [6.07, 6.45) is -0.414. The van der Waals surface area contributed by atoms with E-state index < -0.39 is 23.9 Å². The van der Waals surface area contributed by atoms with E-state index in [2.05, 4.69) is 5.32 Å². The number of fused-ring (bicyclic) bond motifs is 1. The maximum atomic E-state index is 12.7.